The lowest BCUT2D eigenvalue weighted by atomic mass is 10.2. The average molecular weight is 407 g/mol. The molecule has 1 aliphatic heterocycles. The number of hydrogen-bond acceptors (Lipinski definition) is 5. The minimum Gasteiger partial charge on any atom is -0.304 e. The number of halogens is 1. The van der Waals surface area contributed by atoms with E-state index in [1.54, 1.807) is 6.07 Å². The molecule has 1 fully saturated rings. The van der Waals surface area contributed by atoms with Gasteiger partial charge in [0.05, 0.1) is 11.4 Å². The Hall–Kier alpha value is -1.93. The van der Waals surface area contributed by atoms with Crippen LogP contribution in [0.15, 0.2) is 35.7 Å². The van der Waals surface area contributed by atoms with Crippen LogP contribution in [0, 0.1) is 6.92 Å². The van der Waals surface area contributed by atoms with Gasteiger partial charge in [-0.3, -0.25) is 25.3 Å². The van der Waals surface area contributed by atoms with Gasteiger partial charge in [0, 0.05) is 30.7 Å². The number of thiophene rings is 1. The number of carbonyl (C=O) groups is 2. The molecule has 3 rings (SSSR count). The van der Waals surface area contributed by atoms with Crippen molar-refractivity contribution in [2.75, 3.05) is 19.6 Å². The number of amides is 2. The molecule has 1 unspecified atom stereocenters. The summed E-state index contributed by atoms with van der Waals surface area (Å²) < 4.78 is 0. The fourth-order valence-corrected chi connectivity index (χ4v) is 3.93. The molecule has 8 heteroatoms. The second kappa shape index (κ2) is 9.32. The van der Waals surface area contributed by atoms with Crippen molar-refractivity contribution < 1.29 is 9.59 Å². The third-order valence-electron chi connectivity index (χ3n) is 4.41. The lowest BCUT2D eigenvalue weighted by molar-refractivity contribution is -0.121. The van der Waals surface area contributed by atoms with Crippen LogP contribution in [-0.2, 0) is 11.3 Å². The van der Waals surface area contributed by atoms with Gasteiger partial charge in [-0.2, -0.15) is 0 Å². The van der Waals surface area contributed by atoms with Crippen molar-refractivity contribution in [3.8, 4) is 0 Å². The Morgan fingerprint density at radius 2 is 2.04 bits per heavy atom. The zero-order valence-corrected chi connectivity index (χ0v) is 16.7. The maximum Gasteiger partial charge on any atom is 0.279 e. The number of nitrogens with one attached hydrogen (secondary N) is 3. The number of rotatable bonds is 6. The zero-order chi connectivity index (χ0) is 19.2. The summed E-state index contributed by atoms with van der Waals surface area (Å²) in [6.07, 6.45) is 0.988. The summed E-state index contributed by atoms with van der Waals surface area (Å²) in [6, 6.07) is 9.93. The van der Waals surface area contributed by atoms with Crippen molar-refractivity contribution in [2.24, 2.45) is 0 Å². The molecule has 1 aromatic carbocycles. The Balaban J connectivity index is 1.34. The van der Waals surface area contributed by atoms with E-state index in [2.05, 4.69) is 21.1 Å². The molecule has 2 aromatic rings. The Bertz CT molecular complexity index is 793. The van der Waals surface area contributed by atoms with E-state index in [9.17, 15) is 9.59 Å². The summed E-state index contributed by atoms with van der Waals surface area (Å²) in [6.45, 7) is 4.84. The molecule has 2 amide bonds. The molecular weight excluding hydrogens is 384 g/mol. The summed E-state index contributed by atoms with van der Waals surface area (Å²) in [5.41, 5.74) is 7.15. The van der Waals surface area contributed by atoms with Gasteiger partial charge in [-0.1, -0.05) is 23.7 Å². The molecule has 1 aromatic heterocycles. The minimum atomic E-state index is -0.295. The largest absolute Gasteiger partial charge is 0.304 e. The number of aryl methyl sites for hydroxylation is 1. The van der Waals surface area contributed by atoms with Gasteiger partial charge >= 0.3 is 0 Å². The fraction of sp³-hybridized carbons (Fsp3) is 0.368. The minimum absolute atomic E-state index is 0.170. The van der Waals surface area contributed by atoms with Gasteiger partial charge in [-0.25, -0.2) is 0 Å². The van der Waals surface area contributed by atoms with Crippen molar-refractivity contribution in [1.82, 2.24) is 21.1 Å². The highest BCUT2D eigenvalue weighted by Crippen LogP contribution is 2.16. The molecule has 1 aliphatic rings. The number of carbonyl (C=O) groups excluding carboxylic acids is 2. The second-order valence-electron chi connectivity index (χ2n) is 6.72. The first kappa shape index (κ1) is 19.8. The van der Waals surface area contributed by atoms with Gasteiger partial charge in [0.2, 0.25) is 0 Å². The molecule has 0 bridgehead atoms. The quantitative estimate of drug-likeness (QED) is 0.644. The summed E-state index contributed by atoms with van der Waals surface area (Å²) in [5, 5.41) is 5.89. The molecule has 3 N–H and O–H groups in total. The van der Waals surface area contributed by atoms with Crippen LogP contribution in [0.2, 0.25) is 5.02 Å². The lowest BCUT2D eigenvalue weighted by Crippen LogP contribution is -2.47. The van der Waals surface area contributed by atoms with Gasteiger partial charge in [-0.15, -0.1) is 11.3 Å². The number of nitrogens with zero attached hydrogens (tertiary/aromatic N) is 1. The van der Waals surface area contributed by atoms with Crippen LogP contribution < -0.4 is 16.2 Å². The first-order valence-corrected chi connectivity index (χ1v) is 10.1. The molecule has 0 spiro atoms. The monoisotopic (exact) mass is 406 g/mol. The van der Waals surface area contributed by atoms with Gasteiger partial charge in [0.15, 0.2) is 0 Å². The molecule has 6 nitrogen and oxygen atoms in total. The summed E-state index contributed by atoms with van der Waals surface area (Å²) in [7, 11) is 0. The predicted octanol–water partition coefficient (Wildman–Crippen LogP) is 2.34. The predicted molar refractivity (Wildman–Crippen MR) is 108 cm³/mol. The zero-order valence-electron chi connectivity index (χ0n) is 15.1. The highest BCUT2D eigenvalue weighted by molar-refractivity contribution is 7.12. The average Bonchev–Trinajstić information content (AvgIpc) is 3.29. The maximum atomic E-state index is 11.9. The van der Waals surface area contributed by atoms with Crippen molar-refractivity contribution in [3.05, 3.63) is 56.7 Å². The fourth-order valence-electron chi connectivity index (χ4n) is 3.01. The SMILES string of the molecule is Cc1csc(C(=O)NNC(=O)CNC2CCN(Cc3ccc(Cl)cc3)C2)c1. The highest BCUT2D eigenvalue weighted by Gasteiger charge is 2.22. The van der Waals surface area contributed by atoms with Crippen molar-refractivity contribution in [1.29, 1.82) is 0 Å². The van der Waals surface area contributed by atoms with Crippen LogP contribution in [0.1, 0.15) is 27.2 Å². The molecular formula is C19H23ClN4O2S. The topological polar surface area (TPSA) is 73.5 Å². The smallest absolute Gasteiger partial charge is 0.279 e. The number of benzene rings is 1. The van der Waals surface area contributed by atoms with Crippen molar-refractivity contribution in [3.63, 3.8) is 0 Å². The van der Waals surface area contributed by atoms with E-state index in [4.69, 9.17) is 11.6 Å². The third kappa shape index (κ3) is 6.04. The maximum absolute atomic E-state index is 11.9. The van der Waals surface area contributed by atoms with E-state index < -0.39 is 0 Å². The Morgan fingerprint density at radius 3 is 2.74 bits per heavy atom. The normalized spacial score (nSPS) is 17.0. The van der Waals surface area contributed by atoms with Crippen LogP contribution in [0.25, 0.3) is 0 Å². The van der Waals surface area contributed by atoms with E-state index in [0.29, 0.717) is 4.88 Å². The van der Waals surface area contributed by atoms with Crippen LogP contribution in [0.4, 0.5) is 0 Å². The van der Waals surface area contributed by atoms with Crippen LogP contribution >= 0.6 is 22.9 Å². The van der Waals surface area contributed by atoms with Crippen LogP contribution in [-0.4, -0.2) is 42.4 Å². The molecule has 0 saturated carbocycles. The number of hydrogen-bond donors (Lipinski definition) is 3. The van der Waals surface area contributed by atoms with E-state index in [-0.39, 0.29) is 24.4 Å². The highest BCUT2D eigenvalue weighted by atomic mass is 35.5. The summed E-state index contributed by atoms with van der Waals surface area (Å²) in [4.78, 5) is 26.8. The van der Waals surface area contributed by atoms with E-state index in [0.717, 1.165) is 36.6 Å². The van der Waals surface area contributed by atoms with Crippen molar-refractivity contribution >= 4 is 34.8 Å². The second-order valence-corrected chi connectivity index (χ2v) is 8.07. The standard InChI is InChI=1S/C19H23ClN4O2S/c1-13-8-17(27-12-13)19(26)23-22-18(25)9-21-16-6-7-24(11-16)10-14-2-4-15(20)5-3-14/h2-5,8,12,16,21H,6-7,9-11H2,1H3,(H,22,25)(H,23,26). The number of likely N-dealkylation sites (tertiary alicyclic amines) is 1. The van der Waals surface area contributed by atoms with E-state index in [1.165, 1.54) is 16.9 Å². The third-order valence-corrected chi connectivity index (χ3v) is 5.71. The Kier molecular flexibility index (Phi) is 6.84. The number of hydrazine groups is 1. The Labute approximate surface area is 167 Å². The van der Waals surface area contributed by atoms with E-state index >= 15 is 0 Å². The molecule has 27 heavy (non-hydrogen) atoms. The molecule has 2 heterocycles. The summed E-state index contributed by atoms with van der Waals surface area (Å²) in [5.74, 6) is -0.552. The molecule has 1 saturated heterocycles. The lowest BCUT2D eigenvalue weighted by Gasteiger charge is -2.17. The van der Waals surface area contributed by atoms with Gasteiger partial charge in [0.25, 0.3) is 11.8 Å². The molecule has 0 aliphatic carbocycles. The summed E-state index contributed by atoms with van der Waals surface area (Å²) >= 11 is 7.27. The van der Waals surface area contributed by atoms with Crippen LogP contribution in [0.5, 0.6) is 0 Å². The molecule has 144 valence electrons. The Morgan fingerprint density at radius 1 is 1.26 bits per heavy atom. The van der Waals surface area contributed by atoms with Crippen LogP contribution in [0.3, 0.4) is 0 Å². The first-order chi connectivity index (χ1) is 13.0. The molecule has 1 atom stereocenters. The van der Waals surface area contributed by atoms with Gasteiger partial charge in [0.1, 0.15) is 0 Å². The molecule has 0 radical (unpaired) electrons. The first-order valence-electron chi connectivity index (χ1n) is 8.84. The van der Waals surface area contributed by atoms with Gasteiger partial charge in [-0.05, 0) is 48.1 Å². The van der Waals surface area contributed by atoms with E-state index in [1.807, 2.05) is 36.6 Å². The van der Waals surface area contributed by atoms with Crippen molar-refractivity contribution in [2.45, 2.75) is 25.9 Å². The van der Waals surface area contributed by atoms with Gasteiger partial charge < -0.3 is 5.32 Å².